The molecule has 0 radical (unpaired) electrons. The molecule has 0 bridgehead atoms. The Morgan fingerprint density at radius 1 is 1.00 bits per heavy atom. The molecule has 0 aromatic heterocycles. The lowest BCUT2D eigenvalue weighted by Gasteiger charge is -2.10. The molecular weight excluding hydrogens is 230 g/mol. The summed E-state index contributed by atoms with van der Waals surface area (Å²) in [6.45, 7) is 5.92. The number of nitrogens with one attached hydrogen (secondary N) is 1. The molecule has 4 nitrogen and oxygen atoms in total. The molecule has 1 rings (SSSR count). The monoisotopic (exact) mass is 253 g/mol. The Kier molecular flexibility index (Phi) is 8.01. The average molecular weight is 253 g/mol. The summed E-state index contributed by atoms with van der Waals surface area (Å²) < 4.78 is 16.2. The van der Waals surface area contributed by atoms with Crippen LogP contribution in [0.2, 0.25) is 0 Å². The molecule has 0 aliphatic rings. The highest BCUT2D eigenvalue weighted by Crippen LogP contribution is 2.25. The number of rotatable bonds is 10. The van der Waals surface area contributed by atoms with Gasteiger partial charge in [-0.2, -0.15) is 0 Å². The molecule has 1 aromatic rings. The average Bonchev–Trinajstić information content (AvgIpc) is 2.42. The van der Waals surface area contributed by atoms with E-state index in [9.17, 15) is 0 Å². The number of hydrogen-bond acceptors (Lipinski definition) is 4. The molecule has 0 saturated heterocycles. The lowest BCUT2D eigenvalue weighted by molar-refractivity contribution is 0.101. The summed E-state index contributed by atoms with van der Waals surface area (Å²) in [6.07, 6.45) is 1.15. The lowest BCUT2D eigenvalue weighted by atomic mass is 10.3. The minimum Gasteiger partial charge on any atom is -0.493 e. The van der Waals surface area contributed by atoms with Crippen LogP contribution in [0.3, 0.4) is 0 Å². The summed E-state index contributed by atoms with van der Waals surface area (Å²) in [7, 11) is 1.64. The van der Waals surface area contributed by atoms with Crippen LogP contribution in [0.5, 0.6) is 11.5 Å². The van der Waals surface area contributed by atoms with Crippen molar-refractivity contribution in [3.8, 4) is 11.5 Å². The molecular formula is C14H23NO3. The summed E-state index contributed by atoms with van der Waals surface area (Å²) in [5.74, 6) is 1.51. The van der Waals surface area contributed by atoms with E-state index in [0.717, 1.165) is 37.6 Å². The van der Waals surface area contributed by atoms with Crippen molar-refractivity contribution in [1.82, 2.24) is 5.32 Å². The summed E-state index contributed by atoms with van der Waals surface area (Å²) in [4.78, 5) is 0. The van der Waals surface area contributed by atoms with E-state index in [4.69, 9.17) is 14.2 Å². The summed E-state index contributed by atoms with van der Waals surface area (Å²) >= 11 is 0. The Labute approximate surface area is 109 Å². The highest BCUT2D eigenvalue weighted by Gasteiger charge is 2.01. The standard InChI is InChI=1S/C14H23NO3/c1-3-8-15-9-10-17-11-12-18-14-7-5-4-6-13(14)16-2/h4-7,15H,3,8-12H2,1-2H3. The van der Waals surface area contributed by atoms with E-state index in [1.54, 1.807) is 7.11 Å². The number of hydrogen-bond donors (Lipinski definition) is 1. The molecule has 1 N–H and O–H groups in total. The van der Waals surface area contributed by atoms with Crippen LogP contribution in [0.15, 0.2) is 24.3 Å². The van der Waals surface area contributed by atoms with Gasteiger partial charge in [-0.1, -0.05) is 19.1 Å². The van der Waals surface area contributed by atoms with E-state index < -0.39 is 0 Å². The SMILES string of the molecule is CCCNCCOCCOc1ccccc1OC. The number of para-hydroxylation sites is 2. The van der Waals surface area contributed by atoms with Crippen molar-refractivity contribution in [2.75, 3.05) is 40.0 Å². The zero-order chi connectivity index (χ0) is 13.1. The third-order valence-electron chi connectivity index (χ3n) is 2.40. The normalized spacial score (nSPS) is 10.3. The zero-order valence-corrected chi connectivity index (χ0v) is 11.3. The maximum Gasteiger partial charge on any atom is 0.161 e. The highest BCUT2D eigenvalue weighted by molar-refractivity contribution is 5.39. The first kappa shape index (κ1) is 14.8. The molecule has 0 unspecified atom stereocenters. The molecule has 0 aliphatic heterocycles. The van der Waals surface area contributed by atoms with Crippen LogP contribution in [0, 0.1) is 0 Å². The molecule has 0 spiro atoms. The first-order valence-corrected chi connectivity index (χ1v) is 6.42. The van der Waals surface area contributed by atoms with E-state index in [1.165, 1.54) is 0 Å². The first-order chi connectivity index (χ1) is 8.88. The minimum atomic E-state index is 0.536. The van der Waals surface area contributed by atoms with Crippen molar-refractivity contribution in [2.45, 2.75) is 13.3 Å². The molecule has 0 atom stereocenters. The molecule has 102 valence electrons. The predicted octanol–water partition coefficient (Wildman–Crippen LogP) is 2.09. The molecule has 0 amide bonds. The molecule has 4 heteroatoms. The van der Waals surface area contributed by atoms with Crippen LogP contribution in [0.25, 0.3) is 0 Å². The number of ether oxygens (including phenoxy) is 3. The van der Waals surface area contributed by atoms with Crippen molar-refractivity contribution < 1.29 is 14.2 Å². The Morgan fingerprint density at radius 3 is 2.50 bits per heavy atom. The van der Waals surface area contributed by atoms with Crippen LogP contribution in [-0.4, -0.2) is 40.0 Å². The van der Waals surface area contributed by atoms with Gasteiger partial charge < -0.3 is 19.5 Å². The second-order valence-corrected chi connectivity index (χ2v) is 3.86. The Hall–Kier alpha value is -1.26. The molecule has 0 fully saturated rings. The van der Waals surface area contributed by atoms with Gasteiger partial charge in [-0.15, -0.1) is 0 Å². The van der Waals surface area contributed by atoms with Crippen molar-refractivity contribution in [3.63, 3.8) is 0 Å². The Balaban J connectivity index is 2.07. The smallest absolute Gasteiger partial charge is 0.161 e. The third-order valence-corrected chi connectivity index (χ3v) is 2.40. The van der Waals surface area contributed by atoms with Gasteiger partial charge in [-0.05, 0) is 25.1 Å². The maximum absolute atomic E-state index is 5.59. The van der Waals surface area contributed by atoms with Crippen molar-refractivity contribution >= 4 is 0 Å². The molecule has 18 heavy (non-hydrogen) atoms. The van der Waals surface area contributed by atoms with Crippen LogP contribution >= 0.6 is 0 Å². The van der Waals surface area contributed by atoms with Gasteiger partial charge in [0.2, 0.25) is 0 Å². The van der Waals surface area contributed by atoms with Crippen molar-refractivity contribution in [3.05, 3.63) is 24.3 Å². The molecule has 1 aromatic carbocycles. The van der Waals surface area contributed by atoms with Crippen LogP contribution in [0.4, 0.5) is 0 Å². The Morgan fingerprint density at radius 2 is 1.78 bits per heavy atom. The van der Waals surface area contributed by atoms with Crippen LogP contribution in [0.1, 0.15) is 13.3 Å². The number of methoxy groups -OCH3 is 1. The zero-order valence-electron chi connectivity index (χ0n) is 11.3. The van der Waals surface area contributed by atoms with Crippen LogP contribution in [-0.2, 0) is 4.74 Å². The fourth-order valence-electron chi connectivity index (χ4n) is 1.50. The fraction of sp³-hybridized carbons (Fsp3) is 0.571. The topological polar surface area (TPSA) is 39.7 Å². The van der Waals surface area contributed by atoms with Gasteiger partial charge in [0.05, 0.1) is 20.3 Å². The van der Waals surface area contributed by atoms with Gasteiger partial charge in [0.15, 0.2) is 11.5 Å². The largest absolute Gasteiger partial charge is 0.493 e. The summed E-state index contributed by atoms with van der Waals surface area (Å²) in [5, 5.41) is 3.28. The van der Waals surface area contributed by atoms with Gasteiger partial charge in [-0.25, -0.2) is 0 Å². The van der Waals surface area contributed by atoms with E-state index in [-0.39, 0.29) is 0 Å². The molecule has 0 heterocycles. The van der Waals surface area contributed by atoms with Gasteiger partial charge in [0.1, 0.15) is 6.61 Å². The van der Waals surface area contributed by atoms with Gasteiger partial charge in [0.25, 0.3) is 0 Å². The predicted molar refractivity (Wildman–Crippen MR) is 72.5 cm³/mol. The van der Waals surface area contributed by atoms with E-state index in [0.29, 0.717) is 13.2 Å². The van der Waals surface area contributed by atoms with E-state index in [1.807, 2.05) is 24.3 Å². The van der Waals surface area contributed by atoms with E-state index >= 15 is 0 Å². The minimum absolute atomic E-state index is 0.536. The van der Waals surface area contributed by atoms with Crippen molar-refractivity contribution in [1.29, 1.82) is 0 Å². The highest BCUT2D eigenvalue weighted by atomic mass is 16.5. The van der Waals surface area contributed by atoms with Gasteiger partial charge in [-0.3, -0.25) is 0 Å². The summed E-state index contributed by atoms with van der Waals surface area (Å²) in [6, 6.07) is 7.61. The van der Waals surface area contributed by atoms with E-state index in [2.05, 4.69) is 12.2 Å². The lowest BCUT2D eigenvalue weighted by Crippen LogP contribution is -2.21. The Bertz CT molecular complexity index is 318. The van der Waals surface area contributed by atoms with Crippen LogP contribution < -0.4 is 14.8 Å². The molecule has 0 saturated carbocycles. The third kappa shape index (κ3) is 5.89. The second kappa shape index (κ2) is 9.74. The second-order valence-electron chi connectivity index (χ2n) is 3.86. The quantitative estimate of drug-likeness (QED) is 0.648. The van der Waals surface area contributed by atoms with Gasteiger partial charge >= 0.3 is 0 Å². The fourth-order valence-corrected chi connectivity index (χ4v) is 1.50. The summed E-state index contributed by atoms with van der Waals surface area (Å²) in [5.41, 5.74) is 0. The van der Waals surface area contributed by atoms with Crippen molar-refractivity contribution in [2.24, 2.45) is 0 Å². The van der Waals surface area contributed by atoms with Gasteiger partial charge in [0, 0.05) is 6.54 Å². The number of benzene rings is 1. The molecule has 0 aliphatic carbocycles. The maximum atomic E-state index is 5.59. The first-order valence-electron chi connectivity index (χ1n) is 6.42.